The summed E-state index contributed by atoms with van der Waals surface area (Å²) in [7, 11) is 0. The number of rotatable bonds is 2. The summed E-state index contributed by atoms with van der Waals surface area (Å²) in [5.41, 5.74) is 7.54. The number of anilines is 1. The molecular weight excluding hydrogens is 218 g/mol. The highest BCUT2D eigenvalue weighted by Gasteiger charge is 2.29. The van der Waals surface area contributed by atoms with E-state index in [0.717, 1.165) is 17.7 Å². The molecule has 1 aromatic carbocycles. The van der Waals surface area contributed by atoms with Crippen LogP contribution in [0.4, 0.5) is 5.69 Å². The lowest BCUT2D eigenvalue weighted by molar-refractivity contribution is -0.120. The van der Waals surface area contributed by atoms with Gasteiger partial charge in [-0.15, -0.1) is 0 Å². The van der Waals surface area contributed by atoms with Crippen LogP contribution in [0.5, 0.6) is 0 Å². The number of nitrogens with zero attached hydrogens (tertiary/aromatic N) is 2. The first-order chi connectivity index (χ1) is 8.15. The zero-order valence-corrected chi connectivity index (χ0v) is 9.63. The Kier molecular flexibility index (Phi) is 2.99. The van der Waals surface area contributed by atoms with Crippen LogP contribution < -0.4 is 10.6 Å². The molecule has 3 N–H and O–H groups in total. The Morgan fingerprint density at radius 2 is 2.24 bits per heavy atom. The number of oxime groups is 1. The smallest absolute Gasteiger partial charge is 0.237 e. The highest BCUT2D eigenvalue weighted by atomic mass is 16.4. The third-order valence-corrected chi connectivity index (χ3v) is 3.08. The average Bonchev–Trinajstić information content (AvgIpc) is 2.79. The first kappa shape index (κ1) is 11.4. The predicted molar refractivity (Wildman–Crippen MR) is 65.1 cm³/mol. The van der Waals surface area contributed by atoms with Crippen molar-refractivity contribution in [2.24, 2.45) is 16.8 Å². The molecule has 0 fully saturated rings. The second-order valence-electron chi connectivity index (χ2n) is 4.12. The number of amides is 1. The Balaban J connectivity index is 2.24. The molecule has 1 aromatic rings. The molecular formula is C12H15N3O2. The zero-order chi connectivity index (χ0) is 12.4. The van der Waals surface area contributed by atoms with E-state index in [1.165, 1.54) is 0 Å². The van der Waals surface area contributed by atoms with E-state index in [-0.39, 0.29) is 11.7 Å². The van der Waals surface area contributed by atoms with Gasteiger partial charge in [0, 0.05) is 12.2 Å². The van der Waals surface area contributed by atoms with Gasteiger partial charge in [-0.25, -0.2) is 0 Å². The van der Waals surface area contributed by atoms with Gasteiger partial charge in [0.15, 0.2) is 5.84 Å². The van der Waals surface area contributed by atoms with Crippen LogP contribution in [0.3, 0.4) is 0 Å². The fourth-order valence-electron chi connectivity index (χ4n) is 2.01. The maximum atomic E-state index is 12.2. The number of hydrogen-bond acceptors (Lipinski definition) is 3. The molecule has 1 aliphatic rings. The van der Waals surface area contributed by atoms with Crippen LogP contribution in [0, 0.1) is 5.92 Å². The van der Waals surface area contributed by atoms with E-state index < -0.39 is 5.92 Å². The van der Waals surface area contributed by atoms with Gasteiger partial charge >= 0.3 is 0 Å². The monoisotopic (exact) mass is 233 g/mol. The molecule has 17 heavy (non-hydrogen) atoms. The van der Waals surface area contributed by atoms with Crippen LogP contribution in [0.25, 0.3) is 0 Å². The third kappa shape index (κ3) is 1.95. The molecule has 1 aliphatic heterocycles. The van der Waals surface area contributed by atoms with E-state index in [1.54, 1.807) is 11.8 Å². The predicted octanol–water partition coefficient (Wildman–Crippen LogP) is 0.958. The molecule has 0 spiro atoms. The number of nitrogens with two attached hydrogens (primary N) is 1. The maximum absolute atomic E-state index is 12.2. The van der Waals surface area contributed by atoms with Crippen LogP contribution in [0.1, 0.15) is 12.5 Å². The molecule has 0 aliphatic carbocycles. The SMILES string of the molecule is CC(C(=O)N1CCc2ccccc21)/C(N)=N/O. The third-order valence-electron chi connectivity index (χ3n) is 3.08. The Morgan fingerprint density at radius 3 is 2.94 bits per heavy atom. The molecule has 0 bridgehead atoms. The standard InChI is InChI=1S/C12H15N3O2/c1-8(11(13)14-17)12(16)15-7-6-9-4-2-3-5-10(9)15/h2-5,8,17H,6-7H2,1H3,(H2,13,14). The number of fused-ring (bicyclic) bond motifs is 1. The summed E-state index contributed by atoms with van der Waals surface area (Å²) in [6.45, 7) is 2.29. The first-order valence-electron chi connectivity index (χ1n) is 5.52. The lowest BCUT2D eigenvalue weighted by atomic mass is 10.1. The average molecular weight is 233 g/mol. The molecule has 1 amide bonds. The van der Waals surface area contributed by atoms with Crippen molar-refractivity contribution in [1.82, 2.24) is 0 Å². The van der Waals surface area contributed by atoms with Crippen molar-refractivity contribution >= 4 is 17.4 Å². The number of hydrogen-bond donors (Lipinski definition) is 2. The zero-order valence-electron chi connectivity index (χ0n) is 9.63. The molecule has 1 heterocycles. The van der Waals surface area contributed by atoms with Gasteiger partial charge in [-0.1, -0.05) is 23.4 Å². The van der Waals surface area contributed by atoms with Crippen molar-refractivity contribution in [1.29, 1.82) is 0 Å². The van der Waals surface area contributed by atoms with Crippen LogP contribution in [-0.4, -0.2) is 23.5 Å². The molecule has 1 unspecified atom stereocenters. The largest absolute Gasteiger partial charge is 0.409 e. The van der Waals surface area contributed by atoms with Crippen molar-refractivity contribution in [3.63, 3.8) is 0 Å². The molecule has 2 rings (SSSR count). The van der Waals surface area contributed by atoms with Gasteiger partial charge in [0.05, 0.1) is 5.92 Å². The molecule has 0 aromatic heterocycles. The number of carbonyl (C=O) groups is 1. The van der Waals surface area contributed by atoms with Crippen molar-refractivity contribution < 1.29 is 10.0 Å². The van der Waals surface area contributed by atoms with Gasteiger partial charge in [-0.3, -0.25) is 4.79 Å². The molecule has 90 valence electrons. The second kappa shape index (κ2) is 4.45. The number of para-hydroxylation sites is 1. The molecule has 1 atom stereocenters. The van der Waals surface area contributed by atoms with Gasteiger partial charge < -0.3 is 15.8 Å². The van der Waals surface area contributed by atoms with E-state index in [2.05, 4.69) is 5.16 Å². The van der Waals surface area contributed by atoms with Crippen molar-refractivity contribution in [2.45, 2.75) is 13.3 Å². The van der Waals surface area contributed by atoms with E-state index in [9.17, 15) is 4.79 Å². The van der Waals surface area contributed by atoms with Crippen molar-refractivity contribution in [2.75, 3.05) is 11.4 Å². The Morgan fingerprint density at radius 1 is 1.53 bits per heavy atom. The highest BCUT2D eigenvalue weighted by Crippen LogP contribution is 2.28. The molecule has 5 nitrogen and oxygen atoms in total. The quantitative estimate of drug-likeness (QED) is 0.345. The summed E-state index contributed by atoms with van der Waals surface area (Å²) in [4.78, 5) is 13.9. The number of carbonyl (C=O) groups excluding carboxylic acids is 1. The minimum absolute atomic E-state index is 0.0561. The van der Waals surface area contributed by atoms with Crippen LogP contribution in [-0.2, 0) is 11.2 Å². The van der Waals surface area contributed by atoms with Crippen LogP contribution in [0.2, 0.25) is 0 Å². The van der Waals surface area contributed by atoms with Gasteiger partial charge in [0.25, 0.3) is 0 Å². The molecule has 0 radical (unpaired) electrons. The van der Waals surface area contributed by atoms with Gasteiger partial charge in [-0.2, -0.15) is 0 Å². The second-order valence-corrected chi connectivity index (χ2v) is 4.12. The molecule has 5 heteroatoms. The lowest BCUT2D eigenvalue weighted by Gasteiger charge is -2.20. The Hall–Kier alpha value is -2.04. The fraction of sp³-hybridized carbons (Fsp3) is 0.333. The Bertz CT molecular complexity index is 471. The normalized spacial score (nSPS) is 16.8. The fourth-order valence-corrected chi connectivity index (χ4v) is 2.01. The summed E-state index contributed by atoms with van der Waals surface area (Å²) < 4.78 is 0. The lowest BCUT2D eigenvalue weighted by Crippen LogP contribution is -2.39. The molecule has 0 saturated carbocycles. The van der Waals surface area contributed by atoms with Gasteiger partial charge in [0.1, 0.15) is 0 Å². The van der Waals surface area contributed by atoms with Crippen molar-refractivity contribution in [3.8, 4) is 0 Å². The van der Waals surface area contributed by atoms with E-state index >= 15 is 0 Å². The summed E-state index contributed by atoms with van der Waals surface area (Å²) in [6, 6.07) is 7.79. The van der Waals surface area contributed by atoms with Crippen LogP contribution in [0.15, 0.2) is 29.4 Å². The number of benzene rings is 1. The molecule has 0 saturated heterocycles. The van der Waals surface area contributed by atoms with Crippen molar-refractivity contribution in [3.05, 3.63) is 29.8 Å². The van der Waals surface area contributed by atoms with E-state index in [0.29, 0.717) is 6.54 Å². The van der Waals surface area contributed by atoms with Crippen LogP contribution >= 0.6 is 0 Å². The maximum Gasteiger partial charge on any atom is 0.237 e. The van der Waals surface area contributed by atoms with Gasteiger partial charge in [0.2, 0.25) is 5.91 Å². The highest BCUT2D eigenvalue weighted by molar-refractivity contribution is 6.09. The summed E-state index contributed by atoms with van der Waals surface area (Å²) in [5, 5.41) is 11.5. The first-order valence-corrected chi connectivity index (χ1v) is 5.52. The minimum Gasteiger partial charge on any atom is -0.409 e. The Labute approximate surface area is 99.5 Å². The topological polar surface area (TPSA) is 78.9 Å². The summed E-state index contributed by atoms with van der Waals surface area (Å²) >= 11 is 0. The van der Waals surface area contributed by atoms with Gasteiger partial charge in [-0.05, 0) is 25.0 Å². The van der Waals surface area contributed by atoms with E-state index in [4.69, 9.17) is 10.9 Å². The summed E-state index contributed by atoms with van der Waals surface area (Å²) in [5.74, 6) is -0.796. The number of amidine groups is 1. The van der Waals surface area contributed by atoms with E-state index in [1.807, 2.05) is 24.3 Å². The summed E-state index contributed by atoms with van der Waals surface area (Å²) in [6.07, 6.45) is 0.852. The minimum atomic E-state index is -0.605.